The first kappa shape index (κ1) is 21.9. The summed E-state index contributed by atoms with van der Waals surface area (Å²) in [6.45, 7) is 3.98. The smallest absolute Gasteiger partial charge is 0.190 e. The van der Waals surface area contributed by atoms with Gasteiger partial charge in [-0.15, -0.1) is 0 Å². The number of halogens is 1. The lowest BCUT2D eigenvalue weighted by Gasteiger charge is -2.21. The minimum Gasteiger partial charge on any atom is -0.374 e. The summed E-state index contributed by atoms with van der Waals surface area (Å²) in [5.41, 5.74) is 4.40. The lowest BCUT2D eigenvalue weighted by atomic mass is 10.0. The standard InChI is InChI=1S/C24H28ClN3O2S/c1-16(21-10-6-7-11-22(21)25)26-23-17(2)27-30-24(23)18-12-14-19(15-13-18)28-31(29)20-8-4-3-5-9-20/h6-7,10-16,20,26,28H,3-5,8-9H2,1-2H3. The van der Waals surface area contributed by atoms with Crippen molar-refractivity contribution in [2.75, 3.05) is 10.0 Å². The van der Waals surface area contributed by atoms with Crippen LogP contribution in [0.3, 0.4) is 0 Å². The van der Waals surface area contributed by atoms with Crippen LogP contribution in [0.25, 0.3) is 11.3 Å². The van der Waals surface area contributed by atoms with Crippen molar-refractivity contribution >= 4 is 34.0 Å². The number of rotatable bonds is 7. The first-order valence-corrected chi connectivity index (χ1v) is 12.4. The molecule has 2 aromatic carbocycles. The topological polar surface area (TPSA) is 67.2 Å². The van der Waals surface area contributed by atoms with Crippen LogP contribution < -0.4 is 10.0 Å². The lowest BCUT2D eigenvalue weighted by molar-refractivity contribution is 0.427. The molecule has 1 aliphatic carbocycles. The SMILES string of the molecule is Cc1noc(-c2ccc(NS(=O)C3CCCCC3)cc2)c1NC(C)c1ccccc1Cl. The Morgan fingerprint density at radius 1 is 1.10 bits per heavy atom. The van der Waals surface area contributed by atoms with Crippen LogP contribution in [0.1, 0.15) is 56.3 Å². The van der Waals surface area contributed by atoms with E-state index in [0.29, 0.717) is 5.76 Å². The van der Waals surface area contributed by atoms with E-state index < -0.39 is 11.0 Å². The highest BCUT2D eigenvalue weighted by Gasteiger charge is 2.21. The maximum atomic E-state index is 12.6. The van der Waals surface area contributed by atoms with Crippen LogP contribution in [-0.4, -0.2) is 14.6 Å². The number of aromatic nitrogens is 1. The monoisotopic (exact) mass is 457 g/mol. The van der Waals surface area contributed by atoms with Gasteiger partial charge in [-0.25, -0.2) is 4.21 Å². The molecule has 3 aromatic rings. The number of hydrogen-bond acceptors (Lipinski definition) is 4. The minimum absolute atomic E-state index is 0.00981. The van der Waals surface area contributed by atoms with Gasteiger partial charge in [0.1, 0.15) is 22.4 Å². The molecule has 31 heavy (non-hydrogen) atoms. The van der Waals surface area contributed by atoms with E-state index in [9.17, 15) is 4.21 Å². The van der Waals surface area contributed by atoms with Crippen molar-refractivity contribution in [2.24, 2.45) is 0 Å². The van der Waals surface area contributed by atoms with Gasteiger partial charge in [0, 0.05) is 16.3 Å². The third kappa shape index (κ3) is 5.13. The van der Waals surface area contributed by atoms with Crippen molar-refractivity contribution in [2.45, 2.75) is 57.2 Å². The largest absolute Gasteiger partial charge is 0.374 e. The molecule has 0 bridgehead atoms. The van der Waals surface area contributed by atoms with Crippen molar-refractivity contribution in [3.05, 3.63) is 64.8 Å². The lowest BCUT2D eigenvalue weighted by Crippen LogP contribution is -2.23. The molecule has 1 heterocycles. The molecule has 5 nitrogen and oxygen atoms in total. The van der Waals surface area contributed by atoms with Crippen molar-refractivity contribution in [1.82, 2.24) is 5.16 Å². The Morgan fingerprint density at radius 2 is 1.81 bits per heavy atom. The Morgan fingerprint density at radius 3 is 2.52 bits per heavy atom. The van der Waals surface area contributed by atoms with Crippen LogP contribution in [-0.2, 0) is 11.0 Å². The van der Waals surface area contributed by atoms with Gasteiger partial charge in [0.15, 0.2) is 5.76 Å². The molecule has 1 fully saturated rings. The summed E-state index contributed by atoms with van der Waals surface area (Å²) in [7, 11) is -1.05. The van der Waals surface area contributed by atoms with Gasteiger partial charge in [-0.2, -0.15) is 0 Å². The van der Waals surface area contributed by atoms with Gasteiger partial charge in [-0.3, -0.25) is 0 Å². The van der Waals surface area contributed by atoms with Gasteiger partial charge in [0.05, 0.1) is 11.3 Å². The van der Waals surface area contributed by atoms with Gasteiger partial charge in [-0.05, 0) is 62.6 Å². The second-order valence-electron chi connectivity index (χ2n) is 8.10. The third-order valence-corrected chi connectivity index (χ3v) is 7.67. The van der Waals surface area contributed by atoms with E-state index in [1.54, 1.807) is 0 Å². The molecule has 0 saturated heterocycles. The van der Waals surface area contributed by atoms with Gasteiger partial charge in [0.25, 0.3) is 0 Å². The van der Waals surface area contributed by atoms with E-state index in [2.05, 4.69) is 22.1 Å². The molecule has 1 aliphatic rings. The molecule has 2 atom stereocenters. The van der Waals surface area contributed by atoms with E-state index in [1.807, 2.05) is 55.5 Å². The predicted octanol–water partition coefficient (Wildman–Crippen LogP) is 6.88. The van der Waals surface area contributed by atoms with Crippen molar-refractivity contribution in [1.29, 1.82) is 0 Å². The maximum Gasteiger partial charge on any atom is 0.190 e. The molecule has 164 valence electrons. The van der Waals surface area contributed by atoms with Gasteiger partial charge in [0.2, 0.25) is 0 Å². The maximum absolute atomic E-state index is 12.6. The Hall–Kier alpha value is -2.31. The van der Waals surface area contributed by atoms with Gasteiger partial charge < -0.3 is 14.6 Å². The summed E-state index contributed by atoms with van der Waals surface area (Å²) in [6.07, 6.45) is 5.67. The summed E-state index contributed by atoms with van der Waals surface area (Å²) in [4.78, 5) is 0. The molecule has 0 aliphatic heterocycles. The Kier molecular flexibility index (Phi) is 6.98. The molecule has 7 heteroatoms. The second-order valence-corrected chi connectivity index (χ2v) is 9.97. The fourth-order valence-corrected chi connectivity index (χ4v) is 5.62. The summed E-state index contributed by atoms with van der Waals surface area (Å²) in [5, 5.41) is 8.62. The number of benzene rings is 2. The van der Waals surface area contributed by atoms with Crippen LogP contribution in [0.2, 0.25) is 5.02 Å². The van der Waals surface area contributed by atoms with Gasteiger partial charge >= 0.3 is 0 Å². The average molecular weight is 458 g/mol. The van der Waals surface area contributed by atoms with Crippen LogP contribution in [0.15, 0.2) is 53.1 Å². The first-order valence-electron chi connectivity index (χ1n) is 10.8. The highest BCUT2D eigenvalue weighted by Crippen LogP contribution is 2.35. The van der Waals surface area contributed by atoms with E-state index in [-0.39, 0.29) is 11.3 Å². The molecular weight excluding hydrogens is 430 g/mol. The zero-order valence-corrected chi connectivity index (χ0v) is 19.4. The van der Waals surface area contributed by atoms with Crippen LogP contribution in [0.4, 0.5) is 11.4 Å². The summed E-state index contributed by atoms with van der Waals surface area (Å²) in [6, 6.07) is 15.6. The highest BCUT2D eigenvalue weighted by molar-refractivity contribution is 7.87. The molecule has 0 radical (unpaired) electrons. The number of nitrogens with one attached hydrogen (secondary N) is 2. The summed E-state index contributed by atoms with van der Waals surface area (Å²) in [5.74, 6) is 0.677. The van der Waals surface area contributed by atoms with E-state index in [4.69, 9.17) is 16.1 Å². The van der Waals surface area contributed by atoms with E-state index in [0.717, 1.165) is 46.1 Å². The summed E-state index contributed by atoms with van der Waals surface area (Å²) >= 11 is 6.36. The van der Waals surface area contributed by atoms with Crippen LogP contribution in [0, 0.1) is 6.92 Å². The molecule has 2 unspecified atom stereocenters. The molecule has 4 rings (SSSR count). The molecular formula is C24H28ClN3O2S. The molecule has 0 amide bonds. The number of anilines is 2. The normalized spacial score (nSPS) is 16.6. The summed E-state index contributed by atoms with van der Waals surface area (Å²) < 4.78 is 21.4. The minimum atomic E-state index is -1.05. The molecule has 1 aromatic heterocycles. The van der Waals surface area contributed by atoms with E-state index in [1.165, 1.54) is 19.3 Å². The van der Waals surface area contributed by atoms with Crippen molar-refractivity contribution < 1.29 is 8.73 Å². The Balaban J connectivity index is 1.49. The molecule has 2 N–H and O–H groups in total. The quantitative estimate of drug-likeness (QED) is 0.405. The first-order chi connectivity index (χ1) is 15.0. The average Bonchev–Trinajstić information content (AvgIpc) is 3.15. The van der Waals surface area contributed by atoms with Gasteiger partial charge in [-0.1, -0.05) is 54.2 Å². The van der Waals surface area contributed by atoms with Crippen molar-refractivity contribution in [3.63, 3.8) is 0 Å². The fourth-order valence-electron chi connectivity index (χ4n) is 4.03. The number of hydrogen-bond donors (Lipinski definition) is 2. The zero-order chi connectivity index (χ0) is 21.8. The van der Waals surface area contributed by atoms with Crippen molar-refractivity contribution in [3.8, 4) is 11.3 Å². The van der Waals surface area contributed by atoms with Crippen LogP contribution in [0.5, 0.6) is 0 Å². The Bertz CT molecular complexity index is 1050. The fraction of sp³-hybridized carbons (Fsp3) is 0.375. The molecule has 1 saturated carbocycles. The highest BCUT2D eigenvalue weighted by atomic mass is 35.5. The predicted molar refractivity (Wildman–Crippen MR) is 129 cm³/mol. The Labute approximate surface area is 191 Å². The second kappa shape index (κ2) is 9.88. The number of nitrogens with zero attached hydrogens (tertiary/aromatic N) is 1. The molecule has 0 spiro atoms. The third-order valence-electron chi connectivity index (χ3n) is 5.82. The van der Waals surface area contributed by atoms with Crippen LogP contribution >= 0.6 is 11.6 Å². The number of aryl methyl sites for hydroxylation is 1. The van der Waals surface area contributed by atoms with E-state index >= 15 is 0 Å². The zero-order valence-electron chi connectivity index (χ0n) is 17.9.